The molecule has 168 valence electrons. The van der Waals surface area contributed by atoms with E-state index in [9.17, 15) is 9.18 Å². The van der Waals surface area contributed by atoms with E-state index in [1.54, 1.807) is 13.0 Å². The van der Waals surface area contributed by atoms with Crippen LogP contribution >= 0.6 is 0 Å². The summed E-state index contributed by atoms with van der Waals surface area (Å²) in [5.74, 6) is -0.126. The topological polar surface area (TPSA) is 126 Å². The standard InChI is InChI=1S/C20H22FN7O4/c1-12-23-16(19-25-27-28(26-19)10-14-11-31-5-6-32-14)8-17(24-12)20(29)22-9-13-3-4-15(21)18(7-13)30-2/h3-4,7-8,14H,5-6,9-11H2,1-2H3,(H,22,29). The van der Waals surface area contributed by atoms with E-state index in [-0.39, 0.29) is 29.9 Å². The van der Waals surface area contributed by atoms with Gasteiger partial charge in [0.2, 0.25) is 5.82 Å². The molecule has 1 aliphatic rings. The number of nitrogens with one attached hydrogen (secondary N) is 1. The minimum absolute atomic E-state index is 0.108. The fourth-order valence-corrected chi connectivity index (χ4v) is 3.13. The van der Waals surface area contributed by atoms with E-state index >= 15 is 0 Å². The van der Waals surface area contributed by atoms with E-state index in [4.69, 9.17) is 14.2 Å². The number of carbonyl (C=O) groups excluding carboxylic acids is 1. The average Bonchev–Trinajstić information content (AvgIpc) is 3.27. The van der Waals surface area contributed by atoms with Gasteiger partial charge in [-0.3, -0.25) is 4.79 Å². The molecule has 3 heterocycles. The predicted molar refractivity (Wildman–Crippen MR) is 108 cm³/mol. The second-order valence-corrected chi connectivity index (χ2v) is 7.07. The van der Waals surface area contributed by atoms with Crippen molar-refractivity contribution >= 4 is 5.91 Å². The Kier molecular flexibility index (Phi) is 6.61. The molecule has 0 radical (unpaired) electrons. The van der Waals surface area contributed by atoms with Crippen molar-refractivity contribution in [2.75, 3.05) is 26.9 Å². The summed E-state index contributed by atoms with van der Waals surface area (Å²) in [5, 5.41) is 15.1. The number of methoxy groups -OCH3 is 1. The minimum Gasteiger partial charge on any atom is -0.494 e. The van der Waals surface area contributed by atoms with Gasteiger partial charge in [-0.15, -0.1) is 10.2 Å². The lowest BCUT2D eigenvalue weighted by molar-refractivity contribution is -0.0959. The SMILES string of the molecule is COc1cc(CNC(=O)c2cc(-c3nnn(CC4COCCO4)n3)nc(C)n2)ccc1F. The van der Waals surface area contributed by atoms with Crippen molar-refractivity contribution in [1.82, 2.24) is 35.5 Å². The van der Waals surface area contributed by atoms with E-state index in [0.29, 0.717) is 43.4 Å². The average molecular weight is 443 g/mol. The van der Waals surface area contributed by atoms with Gasteiger partial charge in [0.15, 0.2) is 11.6 Å². The summed E-state index contributed by atoms with van der Waals surface area (Å²) in [7, 11) is 1.38. The van der Waals surface area contributed by atoms with Crippen LogP contribution in [0, 0.1) is 12.7 Å². The van der Waals surface area contributed by atoms with Crippen LogP contribution in [0.2, 0.25) is 0 Å². The number of nitrogens with zero attached hydrogens (tertiary/aromatic N) is 6. The normalized spacial score (nSPS) is 16.0. The van der Waals surface area contributed by atoms with Crippen LogP contribution in [0.1, 0.15) is 21.9 Å². The number of amides is 1. The van der Waals surface area contributed by atoms with Crippen LogP contribution in [0.4, 0.5) is 4.39 Å². The highest BCUT2D eigenvalue weighted by Crippen LogP contribution is 2.18. The van der Waals surface area contributed by atoms with E-state index in [2.05, 4.69) is 30.7 Å². The van der Waals surface area contributed by atoms with E-state index in [1.807, 2.05) is 0 Å². The van der Waals surface area contributed by atoms with Gasteiger partial charge < -0.3 is 19.5 Å². The lowest BCUT2D eigenvalue weighted by Crippen LogP contribution is -2.33. The van der Waals surface area contributed by atoms with Crippen molar-refractivity contribution in [3.05, 3.63) is 47.2 Å². The van der Waals surface area contributed by atoms with E-state index < -0.39 is 11.7 Å². The molecule has 1 unspecified atom stereocenters. The molecular weight excluding hydrogens is 421 g/mol. The third kappa shape index (κ3) is 5.21. The summed E-state index contributed by atoms with van der Waals surface area (Å²) in [6, 6.07) is 5.87. The Bertz CT molecular complexity index is 1100. The van der Waals surface area contributed by atoms with Crippen molar-refractivity contribution in [3.63, 3.8) is 0 Å². The number of benzene rings is 1. The molecule has 3 aromatic rings. The van der Waals surface area contributed by atoms with Gasteiger partial charge in [-0.25, -0.2) is 14.4 Å². The molecule has 32 heavy (non-hydrogen) atoms. The Morgan fingerprint density at radius 1 is 1.31 bits per heavy atom. The summed E-state index contributed by atoms with van der Waals surface area (Å²) in [5.41, 5.74) is 1.21. The third-order valence-corrected chi connectivity index (χ3v) is 4.67. The Morgan fingerprint density at radius 3 is 2.97 bits per heavy atom. The molecule has 1 fully saturated rings. The zero-order chi connectivity index (χ0) is 22.5. The Labute approximate surface area is 182 Å². The highest BCUT2D eigenvalue weighted by atomic mass is 19.1. The number of carbonyl (C=O) groups is 1. The maximum Gasteiger partial charge on any atom is 0.270 e. The number of halogens is 1. The monoisotopic (exact) mass is 443 g/mol. The maximum atomic E-state index is 13.6. The number of aromatic nitrogens is 6. The largest absolute Gasteiger partial charge is 0.494 e. The summed E-state index contributed by atoms with van der Waals surface area (Å²) in [4.78, 5) is 22.6. The lowest BCUT2D eigenvalue weighted by Gasteiger charge is -2.21. The van der Waals surface area contributed by atoms with Crippen molar-refractivity contribution in [2.45, 2.75) is 26.1 Å². The molecule has 1 saturated heterocycles. The molecule has 12 heteroatoms. The highest BCUT2D eigenvalue weighted by Gasteiger charge is 2.19. The second kappa shape index (κ2) is 9.75. The molecule has 4 rings (SSSR count). The van der Waals surface area contributed by atoms with Gasteiger partial charge in [-0.2, -0.15) is 4.80 Å². The number of hydrogen-bond acceptors (Lipinski definition) is 9. The zero-order valence-corrected chi connectivity index (χ0v) is 17.6. The summed E-state index contributed by atoms with van der Waals surface area (Å²) in [6.45, 7) is 3.81. The minimum atomic E-state index is -0.471. The Balaban J connectivity index is 1.44. The van der Waals surface area contributed by atoms with E-state index in [0.717, 1.165) is 0 Å². The van der Waals surface area contributed by atoms with Gasteiger partial charge in [0.25, 0.3) is 5.91 Å². The van der Waals surface area contributed by atoms with Gasteiger partial charge in [0.1, 0.15) is 23.3 Å². The number of ether oxygens (including phenoxy) is 3. The van der Waals surface area contributed by atoms with Crippen molar-refractivity contribution in [3.8, 4) is 17.3 Å². The molecule has 1 aliphatic heterocycles. The first-order valence-corrected chi connectivity index (χ1v) is 9.95. The molecule has 2 aromatic heterocycles. The fraction of sp³-hybridized carbons (Fsp3) is 0.400. The molecule has 0 aliphatic carbocycles. The van der Waals surface area contributed by atoms with E-state index in [1.165, 1.54) is 30.1 Å². The van der Waals surface area contributed by atoms with Crippen molar-refractivity contribution in [2.24, 2.45) is 0 Å². The molecule has 1 N–H and O–H groups in total. The molecule has 0 spiro atoms. The smallest absolute Gasteiger partial charge is 0.270 e. The van der Waals surface area contributed by atoms with Crippen LogP contribution < -0.4 is 10.1 Å². The van der Waals surface area contributed by atoms with Crippen molar-refractivity contribution in [1.29, 1.82) is 0 Å². The number of aryl methyl sites for hydroxylation is 1. The number of hydrogen-bond donors (Lipinski definition) is 1. The van der Waals surface area contributed by atoms with Gasteiger partial charge >= 0.3 is 0 Å². The van der Waals surface area contributed by atoms with Crippen LogP contribution in [-0.4, -0.2) is 69.1 Å². The van der Waals surface area contributed by atoms with Gasteiger partial charge in [0.05, 0.1) is 33.5 Å². The number of tetrazole rings is 1. The molecule has 1 aromatic carbocycles. The molecule has 0 saturated carbocycles. The van der Waals surface area contributed by atoms with Crippen LogP contribution in [-0.2, 0) is 22.6 Å². The van der Waals surface area contributed by atoms with Crippen LogP contribution in [0.15, 0.2) is 24.3 Å². The maximum absolute atomic E-state index is 13.6. The first-order valence-electron chi connectivity index (χ1n) is 9.95. The summed E-state index contributed by atoms with van der Waals surface area (Å²) in [6.07, 6.45) is -0.149. The molecule has 1 atom stereocenters. The van der Waals surface area contributed by atoms with Crippen molar-refractivity contribution < 1.29 is 23.4 Å². The quantitative estimate of drug-likeness (QED) is 0.567. The van der Waals surface area contributed by atoms with Crippen LogP contribution in [0.3, 0.4) is 0 Å². The van der Waals surface area contributed by atoms with Gasteiger partial charge in [-0.05, 0) is 35.9 Å². The number of rotatable bonds is 7. The third-order valence-electron chi connectivity index (χ3n) is 4.67. The first-order chi connectivity index (χ1) is 15.5. The Morgan fingerprint density at radius 2 is 2.19 bits per heavy atom. The van der Waals surface area contributed by atoms with Gasteiger partial charge in [0, 0.05) is 6.54 Å². The lowest BCUT2D eigenvalue weighted by atomic mass is 10.2. The van der Waals surface area contributed by atoms with Crippen LogP contribution in [0.5, 0.6) is 5.75 Å². The Hall–Kier alpha value is -3.51. The van der Waals surface area contributed by atoms with Crippen LogP contribution in [0.25, 0.3) is 11.5 Å². The molecular formula is C20H22FN7O4. The zero-order valence-electron chi connectivity index (χ0n) is 17.6. The summed E-state index contributed by atoms with van der Waals surface area (Å²) < 4.78 is 29.5. The predicted octanol–water partition coefficient (Wildman–Crippen LogP) is 0.932. The van der Waals surface area contributed by atoms with Gasteiger partial charge in [-0.1, -0.05) is 6.07 Å². The molecule has 0 bridgehead atoms. The fourth-order valence-electron chi connectivity index (χ4n) is 3.13. The summed E-state index contributed by atoms with van der Waals surface area (Å²) >= 11 is 0. The molecule has 1 amide bonds. The highest BCUT2D eigenvalue weighted by molar-refractivity contribution is 5.93. The second-order valence-electron chi connectivity index (χ2n) is 7.07. The first kappa shape index (κ1) is 21.7. The molecule has 11 nitrogen and oxygen atoms in total.